The van der Waals surface area contributed by atoms with Crippen molar-refractivity contribution in [2.75, 3.05) is 6.61 Å². The molecule has 7 nitrogen and oxygen atoms in total. The average Bonchev–Trinajstić information content (AvgIpc) is 3.52. The molecule has 34 heavy (non-hydrogen) atoms. The number of hydrogen-bond donors (Lipinski definition) is 1. The molecule has 0 radical (unpaired) electrons. The minimum atomic E-state index is -0.863. The Morgan fingerprint density at radius 1 is 1.15 bits per heavy atom. The highest BCUT2D eigenvalue weighted by Gasteiger charge is 2.34. The van der Waals surface area contributed by atoms with Gasteiger partial charge in [0.25, 0.3) is 5.91 Å². The molecule has 1 fully saturated rings. The van der Waals surface area contributed by atoms with Gasteiger partial charge in [0.05, 0.1) is 29.1 Å². The number of fused-ring (bicyclic) bond motifs is 2. The van der Waals surface area contributed by atoms with Gasteiger partial charge in [-0.3, -0.25) is 4.79 Å². The van der Waals surface area contributed by atoms with Crippen LogP contribution in [0.4, 0.5) is 0 Å². The fraction of sp³-hybridized carbons (Fsp3) is 0.333. The van der Waals surface area contributed by atoms with Crippen LogP contribution in [-0.2, 0) is 16.0 Å². The van der Waals surface area contributed by atoms with Gasteiger partial charge in [-0.2, -0.15) is 5.26 Å². The molecule has 7 heteroatoms. The van der Waals surface area contributed by atoms with Crippen LogP contribution in [0.2, 0.25) is 0 Å². The van der Waals surface area contributed by atoms with Crippen LogP contribution in [0.3, 0.4) is 0 Å². The van der Waals surface area contributed by atoms with Gasteiger partial charge in [0.2, 0.25) is 0 Å². The number of aromatic nitrogens is 1. The van der Waals surface area contributed by atoms with E-state index >= 15 is 0 Å². The summed E-state index contributed by atoms with van der Waals surface area (Å²) in [5.74, 6) is -0.281. The lowest BCUT2D eigenvalue weighted by Gasteiger charge is -2.31. The van der Waals surface area contributed by atoms with Crippen molar-refractivity contribution < 1.29 is 18.7 Å². The van der Waals surface area contributed by atoms with E-state index in [4.69, 9.17) is 14.1 Å². The molecule has 3 aromatic rings. The Labute approximate surface area is 197 Å². The second-order valence-corrected chi connectivity index (χ2v) is 8.89. The summed E-state index contributed by atoms with van der Waals surface area (Å²) in [7, 11) is 0. The van der Waals surface area contributed by atoms with E-state index < -0.39 is 24.0 Å². The van der Waals surface area contributed by atoms with Gasteiger partial charge < -0.3 is 14.5 Å². The minimum Gasteiger partial charge on any atom is -0.465 e. The lowest BCUT2D eigenvalue weighted by molar-refractivity contribution is -0.125. The van der Waals surface area contributed by atoms with Crippen LogP contribution in [0.1, 0.15) is 65.9 Å². The molecule has 2 heterocycles. The van der Waals surface area contributed by atoms with Crippen molar-refractivity contribution in [2.45, 2.75) is 50.5 Å². The summed E-state index contributed by atoms with van der Waals surface area (Å²) in [6, 6.07) is 13.4. The summed E-state index contributed by atoms with van der Waals surface area (Å²) in [5, 5.41) is 13.1. The molecule has 2 aliphatic rings. The maximum atomic E-state index is 13.3. The smallest absolute Gasteiger partial charge is 0.339 e. The molecule has 0 unspecified atom stereocenters. The second-order valence-electron chi connectivity index (χ2n) is 8.89. The molecule has 0 atom stereocenters. The number of nitriles is 1. The molecule has 2 aromatic heterocycles. The van der Waals surface area contributed by atoms with Crippen molar-refractivity contribution in [3.05, 3.63) is 65.2 Å². The van der Waals surface area contributed by atoms with E-state index in [0.29, 0.717) is 35.7 Å². The molecule has 172 valence electrons. The SMILES string of the molecule is N#CC1(NC(=O)COC(=O)c2c3c(nc4ccccc24)C(=Cc2ccco2)CC3)CCCCC1. The lowest BCUT2D eigenvalue weighted by atomic mass is 9.83. The van der Waals surface area contributed by atoms with E-state index in [-0.39, 0.29) is 0 Å². The fourth-order valence-corrected chi connectivity index (χ4v) is 4.98. The van der Waals surface area contributed by atoms with E-state index in [1.807, 2.05) is 42.5 Å². The normalized spacial score (nSPS) is 17.8. The number of nitrogens with zero attached hydrogens (tertiary/aromatic N) is 2. The van der Waals surface area contributed by atoms with E-state index in [1.165, 1.54) is 0 Å². The van der Waals surface area contributed by atoms with Crippen LogP contribution < -0.4 is 5.32 Å². The highest BCUT2D eigenvalue weighted by Crippen LogP contribution is 2.38. The molecule has 0 bridgehead atoms. The molecule has 2 aliphatic carbocycles. The average molecular weight is 456 g/mol. The maximum absolute atomic E-state index is 13.3. The van der Waals surface area contributed by atoms with Crippen LogP contribution in [0.15, 0.2) is 47.1 Å². The first-order valence-electron chi connectivity index (χ1n) is 11.6. The second kappa shape index (κ2) is 9.14. The standard InChI is InChI=1S/C27H25N3O4/c28-17-27(12-4-1-5-13-27)30-23(31)16-34-26(32)24-20-8-2-3-9-22(20)29-25-18(10-11-21(24)25)15-19-7-6-14-33-19/h2-3,6-9,14-15H,1,4-5,10-13,16H2,(H,30,31). The monoisotopic (exact) mass is 455 g/mol. The third kappa shape index (κ3) is 4.19. The summed E-state index contributed by atoms with van der Waals surface area (Å²) in [5.41, 5.74) is 2.85. The van der Waals surface area contributed by atoms with Crippen molar-refractivity contribution in [1.29, 1.82) is 5.26 Å². The topological polar surface area (TPSA) is 105 Å². The first kappa shape index (κ1) is 21.9. The van der Waals surface area contributed by atoms with Gasteiger partial charge in [-0.25, -0.2) is 9.78 Å². The molecule has 0 spiro atoms. The Hall–Kier alpha value is -3.92. The first-order chi connectivity index (χ1) is 16.6. The largest absolute Gasteiger partial charge is 0.465 e. The lowest BCUT2D eigenvalue weighted by Crippen LogP contribution is -2.50. The predicted octanol–water partition coefficient (Wildman–Crippen LogP) is 4.81. The number of carbonyl (C=O) groups is 2. The van der Waals surface area contributed by atoms with Crippen molar-refractivity contribution in [2.24, 2.45) is 0 Å². The number of benzene rings is 1. The highest BCUT2D eigenvalue weighted by molar-refractivity contribution is 6.07. The van der Waals surface area contributed by atoms with Crippen LogP contribution in [0.25, 0.3) is 22.6 Å². The molecule has 1 saturated carbocycles. The molecule has 0 saturated heterocycles. The number of carbonyl (C=O) groups excluding carboxylic acids is 2. The molecule has 5 rings (SSSR count). The zero-order valence-electron chi connectivity index (χ0n) is 18.8. The Balaban J connectivity index is 1.40. The van der Waals surface area contributed by atoms with Crippen LogP contribution in [0, 0.1) is 11.3 Å². The van der Waals surface area contributed by atoms with Gasteiger partial charge in [-0.05, 0) is 61.1 Å². The number of para-hydroxylation sites is 1. The Morgan fingerprint density at radius 2 is 1.97 bits per heavy atom. The van der Waals surface area contributed by atoms with Crippen molar-refractivity contribution >= 4 is 34.4 Å². The number of pyridine rings is 1. The predicted molar refractivity (Wildman–Crippen MR) is 126 cm³/mol. The summed E-state index contributed by atoms with van der Waals surface area (Å²) in [4.78, 5) is 30.6. The number of esters is 1. The summed E-state index contributed by atoms with van der Waals surface area (Å²) >= 11 is 0. The molecule has 1 amide bonds. The van der Waals surface area contributed by atoms with Gasteiger partial charge in [0, 0.05) is 5.39 Å². The number of rotatable bonds is 5. The van der Waals surface area contributed by atoms with Gasteiger partial charge >= 0.3 is 5.97 Å². The Morgan fingerprint density at radius 3 is 2.74 bits per heavy atom. The summed E-state index contributed by atoms with van der Waals surface area (Å²) in [6.07, 6.45) is 9.04. The number of ether oxygens (including phenoxy) is 1. The number of furan rings is 1. The van der Waals surface area contributed by atoms with Crippen molar-refractivity contribution in [1.82, 2.24) is 10.3 Å². The first-order valence-corrected chi connectivity index (χ1v) is 11.6. The molecular weight excluding hydrogens is 430 g/mol. The van der Waals surface area contributed by atoms with Gasteiger partial charge in [-0.1, -0.05) is 37.5 Å². The molecule has 0 aliphatic heterocycles. The third-order valence-electron chi connectivity index (χ3n) is 6.64. The quantitative estimate of drug-likeness (QED) is 0.553. The van der Waals surface area contributed by atoms with Crippen LogP contribution in [0.5, 0.6) is 0 Å². The zero-order valence-corrected chi connectivity index (χ0v) is 18.8. The van der Waals surface area contributed by atoms with Gasteiger partial charge in [-0.15, -0.1) is 0 Å². The summed E-state index contributed by atoms with van der Waals surface area (Å²) in [6.45, 7) is -0.428. The van der Waals surface area contributed by atoms with Crippen LogP contribution in [-0.4, -0.2) is 29.0 Å². The van der Waals surface area contributed by atoms with Crippen molar-refractivity contribution in [3.63, 3.8) is 0 Å². The number of nitrogens with one attached hydrogen (secondary N) is 1. The van der Waals surface area contributed by atoms with E-state index in [1.54, 1.807) is 6.26 Å². The number of allylic oxidation sites excluding steroid dienone is 1. The van der Waals surface area contributed by atoms with Gasteiger partial charge in [0.15, 0.2) is 6.61 Å². The molecular formula is C27H25N3O4. The summed E-state index contributed by atoms with van der Waals surface area (Å²) < 4.78 is 10.9. The van der Waals surface area contributed by atoms with Crippen molar-refractivity contribution in [3.8, 4) is 6.07 Å². The van der Waals surface area contributed by atoms with Crippen LogP contribution >= 0.6 is 0 Å². The Kier molecular flexibility index (Phi) is 5.89. The minimum absolute atomic E-state index is 0.428. The van der Waals surface area contributed by atoms with Gasteiger partial charge in [0.1, 0.15) is 11.3 Å². The molecule has 1 N–H and O–H groups in total. The van der Waals surface area contributed by atoms with E-state index in [9.17, 15) is 14.9 Å². The number of amides is 1. The highest BCUT2D eigenvalue weighted by atomic mass is 16.5. The van der Waals surface area contributed by atoms with E-state index in [2.05, 4.69) is 11.4 Å². The third-order valence-corrected chi connectivity index (χ3v) is 6.64. The Bertz CT molecular complexity index is 1310. The fourth-order valence-electron chi connectivity index (χ4n) is 4.98. The maximum Gasteiger partial charge on any atom is 0.339 e. The van der Waals surface area contributed by atoms with E-state index in [0.717, 1.165) is 48.3 Å². The zero-order chi connectivity index (χ0) is 23.5. The molecule has 1 aromatic carbocycles. The number of hydrogen-bond acceptors (Lipinski definition) is 6.